The lowest BCUT2D eigenvalue weighted by molar-refractivity contribution is 0.105. The second kappa shape index (κ2) is 8.51. The summed E-state index contributed by atoms with van der Waals surface area (Å²) in [6.45, 7) is 0. The van der Waals surface area contributed by atoms with Crippen LogP contribution in [0.4, 0.5) is 17.1 Å². The number of rotatable bonds is 6. The minimum Gasteiger partial charge on any atom is -0.311 e. The molecule has 0 unspecified atom stereocenters. The van der Waals surface area contributed by atoms with Gasteiger partial charge in [-0.2, -0.15) is 0 Å². The van der Waals surface area contributed by atoms with Gasteiger partial charge < -0.3 is 4.90 Å². The first kappa shape index (κ1) is 18.0. The standard InChI is InChI=1S/C25H19NOS/c27-24(25-12-7-19-28-25)18-15-20-13-16-23(17-14-20)26(21-8-3-1-4-9-21)22-10-5-2-6-11-22/h1-19H/b18-15+. The molecule has 4 aromatic rings. The first-order chi connectivity index (χ1) is 13.8. The van der Waals surface area contributed by atoms with E-state index in [1.807, 2.05) is 72.1 Å². The Bertz CT molecular complexity index is 1010. The van der Waals surface area contributed by atoms with E-state index in [2.05, 4.69) is 41.3 Å². The molecule has 0 radical (unpaired) electrons. The van der Waals surface area contributed by atoms with Crippen molar-refractivity contribution >= 4 is 40.3 Å². The predicted octanol–water partition coefficient (Wildman–Crippen LogP) is 7.11. The molecule has 4 rings (SSSR count). The highest BCUT2D eigenvalue weighted by Gasteiger charge is 2.11. The Morgan fingerprint density at radius 3 is 1.79 bits per heavy atom. The summed E-state index contributed by atoms with van der Waals surface area (Å²) in [5.41, 5.74) is 4.27. The van der Waals surface area contributed by atoms with E-state index in [9.17, 15) is 4.79 Å². The van der Waals surface area contributed by atoms with Crippen molar-refractivity contribution in [3.05, 3.63) is 119 Å². The van der Waals surface area contributed by atoms with E-state index in [0.29, 0.717) is 0 Å². The van der Waals surface area contributed by atoms with Crippen LogP contribution in [0.3, 0.4) is 0 Å². The third-order valence-corrected chi connectivity index (χ3v) is 5.26. The average Bonchev–Trinajstić information content (AvgIpc) is 3.30. The molecule has 0 aliphatic carbocycles. The molecule has 136 valence electrons. The summed E-state index contributed by atoms with van der Waals surface area (Å²) in [6.07, 6.45) is 3.49. The van der Waals surface area contributed by atoms with Crippen LogP contribution in [0.1, 0.15) is 15.2 Å². The number of hydrogen-bond acceptors (Lipinski definition) is 3. The second-order valence-corrected chi connectivity index (χ2v) is 7.22. The number of para-hydroxylation sites is 2. The fraction of sp³-hybridized carbons (Fsp3) is 0. The maximum atomic E-state index is 12.1. The zero-order valence-corrected chi connectivity index (χ0v) is 16.0. The topological polar surface area (TPSA) is 20.3 Å². The van der Waals surface area contributed by atoms with Crippen LogP contribution in [0, 0.1) is 0 Å². The number of allylic oxidation sites excluding steroid dienone is 1. The normalized spacial score (nSPS) is 10.9. The highest BCUT2D eigenvalue weighted by Crippen LogP contribution is 2.34. The molecule has 1 heterocycles. The Hall–Kier alpha value is -3.43. The van der Waals surface area contributed by atoms with Crippen molar-refractivity contribution in [2.24, 2.45) is 0 Å². The van der Waals surface area contributed by atoms with Crippen LogP contribution in [0.5, 0.6) is 0 Å². The summed E-state index contributed by atoms with van der Waals surface area (Å²) in [7, 11) is 0. The first-order valence-corrected chi connectivity index (χ1v) is 9.95. The lowest BCUT2D eigenvalue weighted by atomic mass is 10.1. The molecule has 0 N–H and O–H groups in total. The van der Waals surface area contributed by atoms with Crippen molar-refractivity contribution in [3.8, 4) is 0 Å². The minimum absolute atomic E-state index is 0.0364. The molecule has 1 aromatic heterocycles. The molecule has 2 nitrogen and oxygen atoms in total. The Morgan fingerprint density at radius 2 is 1.25 bits per heavy atom. The van der Waals surface area contributed by atoms with E-state index in [4.69, 9.17) is 0 Å². The van der Waals surface area contributed by atoms with Gasteiger partial charge in [0.25, 0.3) is 0 Å². The van der Waals surface area contributed by atoms with Crippen LogP contribution < -0.4 is 4.90 Å². The summed E-state index contributed by atoms with van der Waals surface area (Å²) in [4.78, 5) is 15.1. The van der Waals surface area contributed by atoms with Crippen LogP contribution in [0.15, 0.2) is 109 Å². The Labute approximate surface area is 169 Å². The molecule has 3 aromatic carbocycles. The lowest BCUT2D eigenvalue weighted by Gasteiger charge is -2.25. The van der Waals surface area contributed by atoms with Crippen molar-refractivity contribution < 1.29 is 4.79 Å². The fourth-order valence-electron chi connectivity index (χ4n) is 3.01. The van der Waals surface area contributed by atoms with Crippen molar-refractivity contribution in [1.29, 1.82) is 0 Å². The maximum absolute atomic E-state index is 12.1. The van der Waals surface area contributed by atoms with Crippen LogP contribution in [-0.2, 0) is 0 Å². The van der Waals surface area contributed by atoms with Gasteiger partial charge in [-0.25, -0.2) is 0 Å². The molecule has 0 aliphatic heterocycles. The fourth-order valence-corrected chi connectivity index (χ4v) is 3.65. The monoisotopic (exact) mass is 381 g/mol. The van der Waals surface area contributed by atoms with Gasteiger partial charge >= 0.3 is 0 Å². The van der Waals surface area contributed by atoms with Crippen LogP contribution in [0.25, 0.3) is 6.08 Å². The van der Waals surface area contributed by atoms with Crippen molar-refractivity contribution in [2.45, 2.75) is 0 Å². The van der Waals surface area contributed by atoms with E-state index < -0.39 is 0 Å². The third-order valence-electron chi connectivity index (χ3n) is 4.37. The van der Waals surface area contributed by atoms with E-state index in [1.165, 1.54) is 11.3 Å². The Balaban J connectivity index is 1.61. The summed E-state index contributed by atoms with van der Waals surface area (Å²) >= 11 is 1.46. The van der Waals surface area contributed by atoms with Gasteiger partial charge in [-0.1, -0.05) is 60.7 Å². The van der Waals surface area contributed by atoms with Crippen LogP contribution in [-0.4, -0.2) is 5.78 Å². The van der Waals surface area contributed by atoms with E-state index in [0.717, 1.165) is 27.5 Å². The number of anilines is 3. The van der Waals surface area contributed by atoms with Gasteiger partial charge in [0.1, 0.15) is 0 Å². The van der Waals surface area contributed by atoms with Gasteiger partial charge in [0.05, 0.1) is 4.88 Å². The zero-order chi connectivity index (χ0) is 19.2. The van der Waals surface area contributed by atoms with Gasteiger partial charge in [0.15, 0.2) is 5.78 Å². The summed E-state index contributed by atoms with van der Waals surface area (Å²) in [5.74, 6) is 0.0364. The second-order valence-electron chi connectivity index (χ2n) is 6.27. The van der Waals surface area contributed by atoms with E-state index in [1.54, 1.807) is 6.08 Å². The van der Waals surface area contributed by atoms with Crippen molar-refractivity contribution in [3.63, 3.8) is 0 Å². The predicted molar refractivity (Wildman–Crippen MR) is 119 cm³/mol. The van der Waals surface area contributed by atoms with Gasteiger partial charge in [-0.05, 0) is 59.5 Å². The molecule has 0 atom stereocenters. The highest BCUT2D eigenvalue weighted by atomic mass is 32.1. The third kappa shape index (κ3) is 4.11. The number of ketones is 1. The molecule has 28 heavy (non-hydrogen) atoms. The maximum Gasteiger partial charge on any atom is 0.195 e. The average molecular weight is 382 g/mol. The first-order valence-electron chi connectivity index (χ1n) is 9.07. The number of benzene rings is 3. The van der Waals surface area contributed by atoms with Crippen LogP contribution >= 0.6 is 11.3 Å². The van der Waals surface area contributed by atoms with Crippen LogP contribution in [0.2, 0.25) is 0 Å². The quantitative estimate of drug-likeness (QED) is 0.262. The number of hydrogen-bond donors (Lipinski definition) is 0. The smallest absolute Gasteiger partial charge is 0.195 e. The van der Waals surface area contributed by atoms with Crippen molar-refractivity contribution in [2.75, 3.05) is 4.90 Å². The number of carbonyl (C=O) groups excluding carboxylic acids is 1. The van der Waals surface area contributed by atoms with Gasteiger partial charge in [0, 0.05) is 17.1 Å². The molecule has 0 spiro atoms. The van der Waals surface area contributed by atoms with Crippen molar-refractivity contribution in [1.82, 2.24) is 0 Å². The zero-order valence-electron chi connectivity index (χ0n) is 15.2. The molecular formula is C25H19NOS. The molecule has 0 saturated carbocycles. The number of carbonyl (C=O) groups is 1. The van der Waals surface area contributed by atoms with Gasteiger partial charge in [-0.15, -0.1) is 11.3 Å². The van der Waals surface area contributed by atoms with Gasteiger partial charge in [0.2, 0.25) is 0 Å². The lowest BCUT2D eigenvalue weighted by Crippen LogP contribution is -2.09. The largest absolute Gasteiger partial charge is 0.311 e. The molecule has 0 amide bonds. The molecule has 0 bridgehead atoms. The molecule has 0 saturated heterocycles. The minimum atomic E-state index is 0.0364. The van der Waals surface area contributed by atoms with Gasteiger partial charge in [-0.3, -0.25) is 4.79 Å². The molecule has 0 fully saturated rings. The summed E-state index contributed by atoms with van der Waals surface area (Å²) < 4.78 is 0. The number of thiophene rings is 1. The molecular weight excluding hydrogens is 362 g/mol. The SMILES string of the molecule is O=C(/C=C/c1ccc(N(c2ccccc2)c2ccccc2)cc1)c1cccs1. The van der Waals surface area contributed by atoms with E-state index in [-0.39, 0.29) is 5.78 Å². The molecule has 3 heteroatoms. The van der Waals surface area contributed by atoms with E-state index >= 15 is 0 Å². The Morgan fingerprint density at radius 1 is 0.679 bits per heavy atom. The summed E-state index contributed by atoms with van der Waals surface area (Å²) in [5, 5.41) is 1.91. The Kier molecular flexibility index (Phi) is 5.46. The number of nitrogens with zero attached hydrogens (tertiary/aromatic N) is 1. The highest BCUT2D eigenvalue weighted by molar-refractivity contribution is 7.12. The summed E-state index contributed by atoms with van der Waals surface area (Å²) in [6, 6.07) is 32.6. The molecule has 0 aliphatic rings.